The van der Waals surface area contributed by atoms with Crippen LogP contribution in [0.5, 0.6) is 0 Å². The van der Waals surface area contributed by atoms with E-state index in [1.54, 1.807) is 6.20 Å². The Morgan fingerprint density at radius 2 is 1.54 bits per heavy atom. The maximum absolute atomic E-state index is 8.81. The van der Waals surface area contributed by atoms with E-state index in [2.05, 4.69) is 109 Å². The number of furan rings is 1. The number of nitrogens with zero attached hydrogens (tertiary/aromatic N) is 2. The summed E-state index contributed by atoms with van der Waals surface area (Å²) in [5, 5.41) is 2.14. The predicted octanol–water partition coefficient (Wildman–Crippen LogP) is 11.4. The smallest absolute Gasteiger partial charge is 0.121 e. The van der Waals surface area contributed by atoms with Gasteiger partial charge < -0.3 is 9.40 Å². The van der Waals surface area contributed by atoms with Gasteiger partial charge in [-0.2, -0.15) is 0 Å². The molecule has 3 aromatic heterocycles. The summed E-state index contributed by atoms with van der Waals surface area (Å²) >= 11 is -1.77. The van der Waals surface area contributed by atoms with Gasteiger partial charge in [0.2, 0.25) is 0 Å². The van der Waals surface area contributed by atoms with Gasteiger partial charge in [-0.1, -0.05) is 78.9 Å². The van der Waals surface area contributed by atoms with E-state index in [9.17, 15) is 0 Å². The first-order chi connectivity index (χ1) is 23.1. The van der Waals surface area contributed by atoms with Crippen molar-refractivity contribution in [2.75, 3.05) is 0 Å². The summed E-state index contributed by atoms with van der Waals surface area (Å²) in [4.78, 5) is 9.19. The maximum atomic E-state index is 8.81. The van der Waals surface area contributed by atoms with Gasteiger partial charge in [-0.05, 0) is 47.7 Å². The third-order valence-electron chi connectivity index (χ3n) is 8.72. The molecule has 3 nitrogen and oxygen atoms in total. The van der Waals surface area contributed by atoms with Crippen molar-refractivity contribution < 1.29 is 25.9 Å². The first-order valence-electron chi connectivity index (χ1n) is 16.9. The van der Waals surface area contributed by atoms with Gasteiger partial charge in [0.25, 0.3) is 0 Å². The molecular weight excluding hydrogens is 825 g/mol. The molecule has 0 saturated carbocycles. The number of pyridine rings is 2. The summed E-state index contributed by atoms with van der Waals surface area (Å²) in [6, 6.07) is 41.4. The molecule has 3 heterocycles. The summed E-state index contributed by atoms with van der Waals surface area (Å²) in [5.41, 5.74) is 10.0. The number of hydrogen-bond donors (Lipinski definition) is 0. The molecular formula is C43H42GeIrN2O-2. The second-order valence-corrected chi connectivity index (χ2v) is 23.5. The number of aromatic nitrogens is 2. The standard InChI is InChI=1S/C28H24NO.C15H18GeN.Ir/c1-3-19(4-2)22-15-16-29-26(17-22)25-12-8-11-24-23-14-13-21(18-27(23)30-28(24)25)20-9-6-5-7-10-20;1-12-10-15(13-8-6-5-7-9-13)17-11-14(12)16(2,3)4;/h5-11,13-19H,3-4H2,1-2H3;5-8,10-11H,1-4H3;/q2*-1;/i19D;;. The van der Waals surface area contributed by atoms with Crippen molar-refractivity contribution in [1.82, 2.24) is 9.97 Å². The first-order valence-corrected chi connectivity index (χ1v) is 23.8. The minimum atomic E-state index is -1.77. The minimum Gasteiger partial charge on any atom is -0.501 e. The number of benzene rings is 4. The third-order valence-corrected chi connectivity index (χ3v) is 13.2. The van der Waals surface area contributed by atoms with Gasteiger partial charge in [0.15, 0.2) is 0 Å². The summed E-state index contributed by atoms with van der Waals surface area (Å²) in [6.45, 7) is 6.32. The molecule has 245 valence electrons. The Morgan fingerprint density at radius 3 is 2.23 bits per heavy atom. The fourth-order valence-corrected chi connectivity index (χ4v) is 9.81. The Bertz CT molecular complexity index is 2170. The predicted molar refractivity (Wildman–Crippen MR) is 201 cm³/mol. The largest absolute Gasteiger partial charge is 0.501 e. The van der Waals surface area contributed by atoms with Gasteiger partial charge in [0, 0.05) is 33.1 Å². The van der Waals surface area contributed by atoms with Crippen LogP contribution in [0, 0.1) is 19.1 Å². The van der Waals surface area contributed by atoms with Crippen LogP contribution in [0.15, 0.2) is 120 Å². The van der Waals surface area contributed by atoms with Crippen LogP contribution in [0.2, 0.25) is 17.3 Å². The Morgan fingerprint density at radius 1 is 0.771 bits per heavy atom. The van der Waals surface area contributed by atoms with Crippen LogP contribution < -0.4 is 4.40 Å². The molecule has 0 amide bonds. The Labute approximate surface area is 303 Å². The zero-order valence-electron chi connectivity index (χ0n) is 29.5. The van der Waals surface area contributed by atoms with Crippen LogP contribution in [0.25, 0.3) is 55.6 Å². The molecule has 0 aliphatic rings. The molecule has 7 rings (SSSR count). The van der Waals surface area contributed by atoms with Crippen molar-refractivity contribution in [3.05, 3.63) is 139 Å². The molecule has 0 atom stereocenters. The van der Waals surface area contributed by atoms with E-state index in [1.165, 1.54) is 9.96 Å². The molecule has 7 aromatic rings. The molecule has 48 heavy (non-hydrogen) atoms. The molecule has 0 N–H and O–H groups in total. The molecule has 0 bridgehead atoms. The van der Waals surface area contributed by atoms with Crippen molar-refractivity contribution in [2.45, 2.75) is 56.8 Å². The van der Waals surface area contributed by atoms with Crippen LogP contribution in [-0.4, -0.2) is 23.2 Å². The van der Waals surface area contributed by atoms with E-state index in [-0.39, 0.29) is 20.1 Å². The number of fused-ring (bicyclic) bond motifs is 3. The summed E-state index contributed by atoms with van der Waals surface area (Å²) in [6.07, 6.45) is 5.38. The molecule has 0 aliphatic heterocycles. The van der Waals surface area contributed by atoms with Gasteiger partial charge in [-0.15, -0.1) is 18.2 Å². The number of rotatable bonds is 7. The van der Waals surface area contributed by atoms with E-state index in [0.29, 0.717) is 0 Å². The average Bonchev–Trinajstić information content (AvgIpc) is 3.50. The molecule has 1 radical (unpaired) electrons. The van der Waals surface area contributed by atoms with Crippen LogP contribution in [0.4, 0.5) is 0 Å². The van der Waals surface area contributed by atoms with E-state index in [4.69, 9.17) is 5.79 Å². The van der Waals surface area contributed by atoms with Gasteiger partial charge in [-0.25, -0.2) is 0 Å². The molecule has 0 fully saturated rings. The first kappa shape index (κ1) is 34.1. The molecule has 0 aliphatic carbocycles. The summed E-state index contributed by atoms with van der Waals surface area (Å²) in [7, 11) is 0. The molecule has 4 aromatic carbocycles. The van der Waals surface area contributed by atoms with Crippen molar-refractivity contribution in [3.63, 3.8) is 0 Å². The van der Waals surface area contributed by atoms with Crippen molar-refractivity contribution in [1.29, 1.82) is 0 Å². The van der Waals surface area contributed by atoms with Crippen molar-refractivity contribution in [2.24, 2.45) is 0 Å². The molecule has 0 spiro atoms. The van der Waals surface area contributed by atoms with Gasteiger partial charge >= 0.3 is 106 Å². The maximum Gasteiger partial charge on any atom is 0.121 e. The topological polar surface area (TPSA) is 38.9 Å². The van der Waals surface area contributed by atoms with Crippen molar-refractivity contribution in [3.8, 4) is 33.6 Å². The second kappa shape index (κ2) is 15.6. The fourth-order valence-electron chi connectivity index (χ4n) is 6.23. The number of aryl methyl sites for hydroxylation is 1. The summed E-state index contributed by atoms with van der Waals surface area (Å²) in [5.74, 6) is 6.60. The fraction of sp³-hybridized carbons (Fsp3) is 0.209. The van der Waals surface area contributed by atoms with Crippen LogP contribution in [0.3, 0.4) is 0 Å². The van der Waals surface area contributed by atoms with E-state index < -0.39 is 19.2 Å². The Kier molecular flexibility index (Phi) is 11.1. The van der Waals surface area contributed by atoms with Crippen LogP contribution in [0.1, 0.15) is 45.1 Å². The summed E-state index contributed by atoms with van der Waals surface area (Å²) < 4.78 is 16.7. The van der Waals surface area contributed by atoms with E-state index in [1.807, 2.05) is 60.7 Å². The number of hydrogen-bond acceptors (Lipinski definition) is 3. The molecule has 0 saturated heterocycles. The van der Waals surface area contributed by atoms with Gasteiger partial charge in [0.1, 0.15) is 5.58 Å². The molecule has 5 heteroatoms. The SMILES string of the molecule is Cc1cc(-c2[c-]cccc2)nc[c]1[Ge]([CH3])([CH3])[CH3].[2H]C(CC)(CC)c1ccnc(-c2[c-]ccc3c2oc2cc(-c4ccccc4)ccc23)c1.[Ir]. The Hall–Kier alpha value is -3.83. The Balaban J connectivity index is 0.000000221. The van der Waals surface area contributed by atoms with E-state index in [0.717, 1.165) is 74.0 Å². The zero-order valence-corrected chi connectivity index (χ0v) is 33.0. The van der Waals surface area contributed by atoms with Crippen LogP contribution >= 0.6 is 0 Å². The molecule has 0 unspecified atom stereocenters. The second-order valence-electron chi connectivity index (χ2n) is 12.9. The zero-order chi connectivity index (χ0) is 33.9. The average molecular weight is 869 g/mol. The quantitative estimate of drug-likeness (QED) is 0.118. The van der Waals surface area contributed by atoms with Gasteiger partial charge in [0.05, 0.1) is 5.58 Å². The van der Waals surface area contributed by atoms with Crippen LogP contribution in [-0.2, 0) is 20.1 Å². The normalized spacial score (nSPS) is 11.8. The minimum absolute atomic E-state index is 0. The van der Waals surface area contributed by atoms with E-state index >= 15 is 0 Å². The third kappa shape index (κ3) is 7.73. The monoisotopic (exact) mass is 870 g/mol. The van der Waals surface area contributed by atoms with Gasteiger partial charge in [-0.3, -0.25) is 0 Å². The van der Waals surface area contributed by atoms with Crippen molar-refractivity contribution >= 4 is 39.6 Å².